The molecule has 1 aromatic heterocycles. The maximum absolute atomic E-state index is 12.6. The SMILES string of the molecule is Cc1nn(CC(C)C)c(Cl)c1/C=C/C(=O)N1CCN(c2ccccc2Cl)CC1. The van der Waals surface area contributed by atoms with Gasteiger partial charge in [0.1, 0.15) is 5.15 Å². The van der Waals surface area contributed by atoms with E-state index in [1.807, 2.05) is 36.1 Å². The minimum Gasteiger partial charge on any atom is -0.367 e. The van der Waals surface area contributed by atoms with E-state index in [2.05, 4.69) is 23.8 Å². The molecule has 5 nitrogen and oxygen atoms in total. The van der Waals surface area contributed by atoms with Gasteiger partial charge in [-0.1, -0.05) is 49.2 Å². The van der Waals surface area contributed by atoms with Crippen LogP contribution in [0.1, 0.15) is 25.1 Å². The molecule has 2 aromatic rings. The molecule has 2 heterocycles. The molecule has 1 aromatic carbocycles. The molecule has 7 heteroatoms. The highest BCUT2D eigenvalue weighted by Gasteiger charge is 2.21. The lowest BCUT2D eigenvalue weighted by molar-refractivity contribution is -0.126. The third-order valence-electron chi connectivity index (χ3n) is 4.82. The Morgan fingerprint density at radius 1 is 1.18 bits per heavy atom. The van der Waals surface area contributed by atoms with Gasteiger partial charge in [0.15, 0.2) is 0 Å². The fourth-order valence-electron chi connectivity index (χ4n) is 3.36. The molecule has 1 saturated heterocycles. The van der Waals surface area contributed by atoms with Crippen LogP contribution in [0.2, 0.25) is 10.2 Å². The van der Waals surface area contributed by atoms with Gasteiger partial charge < -0.3 is 9.80 Å². The largest absolute Gasteiger partial charge is 0.367 e. The van der Waals surface area contributed by atoms with Gasteiger partial charge in [-0.2, -0.15) is 5.10 Å². The smallest absolute Gasteiger partial charge is 0.246 e. The number of carbonyl (C=O) groups excluding carboxylic acids is 1. The molecule has 0 radical (unpaired) electrons. The van der Waals surface area contributed by atoms with Crippen LogP contribution in [0.3, 0.4) is 0 Å². The van der Waals surface area contributed by atoms with Crippen LogP contribution in [0, 0.1) is 12.8 Å². The molecular formula is C21H26Cl2N4O. The summed E-state index contributed by atoms with van der Waals surface area (Å²) in [5.74, 6) is 0.440. The Hall–Kier alpha value is -1.98. The molecule has 150 valence electrons. The number of carbonyl (C=O) groups is 1. The summed E-state index contributed by atoms with van der Waals surface area (Å²) in [6.45, 7) is 9.75. The molecule has 0 bridgehead atoms. The van der Waals surface area contributed by atoms with E-state index in [-0.39, 0.29) is 5.91 Å². The van der Waals surface area contributed by atoms with E-state index < -0.39 is 0 Å². The maximum atomic E-state index is 12.6. The van der Waals surface area contributed by atoms with Crippen molar-refractivity contribution < 1.29 is 4.79 Å². The summed E-state index contributed by atoms with van der Waals surface area (Å²) in [7, 11) is 0. The van der Waals surface area contributed by atoms with Crippen molar-refractivity contribution in [2.75, 3.05) is 31.1 Å². The third-order valence-corrected chi connectivity index (χ3v) is 5.54. The number of amides is 1. The number of aromatic nitrogens is 2. The van der Waals surface area contributed by atoms with Gasteiger partial charge in [0, 0.05) is 44.4 Å². The molecule has 1 fully saturated rings. The van der Waals surface area contributed by atoms with Gasteiger partial charge in [0.25, 0.3) is 0 Å². The molecule has 0 spiro atoms. The van der Waals surface area contributed by atoms with Crippen molar-refractivity contribution in [3.8, 4) is 0 Å². The first-order valence-corrected chi connectivity index (χ1v) is 10.3. The van der Waals surface area contributed by atoms with Crippen molar-refractivity contribution >= 4 is 40.9 Å². The number of rotatable bonds is 5. The van der Waals surface area contributed by atoms with E-state index >= 15 is 0 Å². The number of hydrogen-bond donors (Lipinski definition) is 0. The van der Waals surface area contributed by atoms with Crippen molar-refractivity contribution in [2.45, 2.75) is 27.3 Å². The van der Waals surface area contributed by atoms with Crippen molar-refractivity contribution in [3.05, 3.63) is 51.8 Å². The van der Waals surface area contributed by atoms with Crippen LogP contribution in [0.25, 0.3) is 6.08 Å². The molecule has 28 heavy (non-hydrogen) atoms. The number of halogens is 2. The molecule has 0 saturated carbocycles. The zero-order valence-corrected chi connectivity index (χ0v) is 18.0. The second-order valence-electron chi connectivity index (χ2n) is 7.46. The van der Waals surface area contributed by atoms with Crippen LogP contribution in [-0.4, -0.2) is 46.8 Å². The van der Waals surface area contributed by atoms with Crippen LogP contribution >= 0.6 is 23.2 Å². The Morgan fingerprint density at radius 3 is 2.50 bits per heavy atom. The van der Waals surface area contributed by atoms with Crippen LogP contribution in [-0.2, 0) is 11.3 Å². The lowest BCUT2D eigenvalue weighted by atomic mass is 10.2. The van der Waals surface area contributed by atoms with Gasteiger partial charge >= 0.3 is 0 Å². The lowest BCUT2D eigenvalue weighted by Gasteiger charge is -2.36. The second kappa shape index (κ2) is 9.01. The van der Waals surface area contributed by atoms with E-state index in [9.17, 15) is 4.79 Å². The minimum absolute atomic E-state index is 0.00844. The average Bonchev–Trinajstić information content (AvgIpc) is 2.93. The molecule has 0 aliphatic carbocycles. The summed E-state index contributed by atoms with van der Waals surface area (Å²) >= 11 is 12.7. The maximum Gasteiger partial charge on any atom is 0.246 e. The number of nitrogens with zero attached hydrogens (tertiary/aromatic N) is 4. The Balaban J connectivity index is 1.62. The summed E-state index contributed by atoms with van der Waals surface area (Å²) in [5, 5.41) is 5.81. The van der Waals surface area contributed by atoms with Gasteiger partial charge in [-0.15, -0.1) is 0 Å². The Labute approximate surface area is 176 Å². The predicted octanol–water partition coefficient (Wildman–Crippen LogP) is 4.52. The molecule has 1 amide bonds. The zero-order chi connectivity index (χ0) is 20.3. The van der Waals surface area contributed by atoms with Gasteiger partial charge in [0.05, 0.1) is 16.4 Å². The average molecular weight is 421 g/mol. The van der Waals surface area contributed by atoms with E-state index in [0.29, 0.717) is 24.2 Å². The molecular weight excluding hydrogens is 395 g/mol. The molecule has 1 aliphatic heterocycles. The van der Waals surface area contributed by atoms with E-state index in [4.69, 9.17) is 23.2 Å². The fraction of sp³-hybridized carbons (Fsp3) is 0.429. The molecule has 0 atom stereocenters. The standard InChI is InChI=1S/C21H26Cl2N4O/c1-15(2)14-27-21(23)17(16(3)24-27)8-9-20(28)26-12-10-25(11-13-26)19-7-5-4-6-18(19)22/h4-9,15H,10-14H2,1-3H3/b9-8+. The molecule has 3 rings (SSSR count). The first-order valence-electron chi connectivity index (χ1n) is 9.56. The number of anilines is 1. The minimum atomic E-state index is -0.00844. The van der Waals surface area contributed by atoms with Crippen molar-refractivity contribution in [1.29, 1.82) is 0 Å². The Bertz CT molecular complexity index is 867. The van der Waals surface area contributed by atoms with E-state index in [0.717, 1.165) is 41.6 Å². The molecule has 0 unspecified atom stereocenters. The van der Waals surface area contributed by atoms with Crippen LogP contribution in [0.4, 0.5) is 5.69 Å². The van der Waals surface area contributed by atoms with Crippen LogP contribution in [0.5, 0.6) is 0 Å². The quantitative estimate of drug-likeness (QED) is 0.667. The van der Waals surface area contributed by atoms with E-state index in [1.54, 1.807) is 16.8 Å². The van der Waals surface area contributed by atoms with Crippen LogP contribution in [0.15, 0.2) is 30.3 Å². The summed E-state index contributed by atoms with van der Waals surface area (Å²) in [5.41, 5.74) is 2.66. The normalized spacial score (nSPS) is 15.1. The number of aryl methyl sites for hydroxylation is 1. The second-order valence-corrected chi connectivity index (χ2v) is 8.23. The first kappa shape index (κ1) is 20.7. The number of para-hydroxylation sites is 1. The topological polar surface area (TPSA) is 41.4 Å². The highest BCUT2D eigenvalue weighted by atomic mass is 35.5. The Kier molecular flexibility index (Phi) is 6.68. The summed E-state index contributed by atoms with van der Waals surface area (Å²) in [6.07, 6.45) is 3.38. The van der Waals surface area contributed by atoms with Crippen molar-refractivity contribution in [2.24, 2.45) is 5.92 Å². The van der Waals surface area contributed by atoms with Gasteiger partial charge in [-0.05, 0) is 31.1 Å². The highest BCUT2D eigenvalue weighted by Crippen LogP contribution is 2.26. The van der Waals surface area contributed by atoms with Crippen molar-refractivity contribution in [3.63, 3.8) is 0 Å². The summed E-state index contributed by atoms with van der Waals surface area (Å²) in [4.78, 5) is 16.7. The number of hydrogen-bond acceptors (Lipinski definition) is 3. The fourth-order valence-corrected chi connectivity index (χ4v) is 3.92. The summed E-state index contributed by atoms with van der Waals surface area (Å²) in [6, 6.07) is 7.81. The number of benzene rings is 1. The first-order chi connectivity index (χ1) is 13.4. The van der Waals surface area contributed by atoms with Gasteiger partial charge in [-0.25, -0.2) is 0 Å². The lowest BCUT2D eigenvalue weighted by Crippen LogP contribution is -2.48. The van der Waals surface area contributed by atoms with Crippen LogP contribution < -0.4 is 4.90 Å². The van der Waals surface area contributed by atoms with Crippen molar-refractivity contribution in [1.82, 2.24) is 14.7 Å². The highest BCUT2D eigenvalue weighted by molar-refractivity contribution is 6.33. The molecule has 0 N–H and O–H groups in total. The predicted molar refractivity (Wildman–Crippen MR) is 116 cm³/mol. The number of piperazine rings is 1. The van der Waals surface area contributed by atoms with Gasteiger partial charge in [0.2, 0.25) is 5.91 Å². The zero-order valence-electron chi connectivity index (χ0n) is 16.5. The summed E-state index contributed by atoms with van der Waals surface area (Å²) < 4.78 is 1.80. The van der Waals surface area contributed by atoms with E-state index in [1.165, 1.54) is 0 Å². The monoisotopic (exact) mass is 420 g/mol. The molecule has 1 aliphatic rings. The Morgan fingerprint density at radius 2 is 1.86 bits per heavy atom. The van der Waals surface area contributed by atoms with Gasteiger partial charge in [-0.3, -0.25) is 9.48 Å². The third kappa shape index (κ3) is 4.70.